The summed E-state index contributed by atoms with van der Waals surface area (Å²) in [5.74, 6) is 0.264. The van der Waals surface area contributed by atoms with Crippen molar-refractivity contribution < 1.29 is 23.8 Å². The molecule has 2 N–H and O–H groups in total. The van der Waals surface area contributed by atoms with Crippen LogP contribution in [0.2, 0.25) is 0 Å². The highest BCUT2D eigenvalue weighted by atomic mass is 16.5. The van der Waals surface area contributed by atoms with Crippen LogP contribution in [0.25, 0.3) is 0 Å². The van der Waals surface area contributed by atoms with Crippen LogP contribution in [0.5, 0.6) is 5.75 Å². The van der Waals surface area contributed by atoms with E-state index in [1.165, 1.54) is 0 Å². The Balaban J connectivity index is 2.15. The minimum atomic E-state index is -0.227. The molecule has 0 aromatic heterocycles. The first-order valence-corrected chi connectivity index (χ1v) is 6.93. The van der Waals surface area contributed by atoms with Gasteiger partial charge in [-0.25, -0.2) is 0 Å². The first-order valence-electron chi connectivity index (χ1n) is 6.93. The van der Waals surface area contributed by atoms with E-state index in [-0.39, 0.29) is 18.4 Å². The number of carbonyl (C=O) groups excluding carboxylic acids is 2. The van der Waals surface area contributed by atoms with Gasteiger partial charge in [-0.15, -0.1) is 0 Å². The molecule has 0 aliphatic rings. The summed E-state index contributed by atoms with van der Waals surface area (Å²) in [7, 11) is 3.13. The SMILES string of the molecule is COCCOCC(=O)NCCNC(=O)c1ccc(OC)cc1. The molecule has 7 nitrogen and oxygen atoms in total. The van der Waals surface area contributed by atoms with Crippen LogP contribution in [0.4, 0.5) is 0 Å². The predicted molar refractivity (Wildman–Crippen MR) is 81.0 cm³/mol. The number of amides is 2. The van der Waals surface area contributed by atoms with E-state index < -0.39 is 0 Å². The molecule has 0 fully saturated rings. The summed E-state index contributed by atoms with van der Waals surface area (Å²) in [6, 6.07) is 6.79. The highest BCUT2D eigenvalue weighted by Crippen LogP contribution is 2.10. The summed E-state index contributed by atoms with van der Waals surface area (Å²) in [4.78, 5) is 23.2. The summed E-state index contributed by atoms with van der Waals surface area (Å²) >= 11 is 0. The van der Waals surface area contributed by atoms with Crippen molar-refractivity contribution in [2.45, 2.75) is 0 Å². The Morgan fingerprint density at radius 2 is 1.68 bits per heavy atom. The van der Waals surface area contributed by atoms with E-state index in [2.05, 4.69) is 10.6 Å². The van der Waals surface area contributed by atoms with Crippen molar-refractivity contribution in [2.24, 2.45) is 0 Å². The van der Waals surface area contributed by atoms with Crippen LogP contribution in [0.1, 0.15) is 10.4 Å². The fourth-order valence-electron chi connectivity index (χ4n) is 1.58. The molecule has 0 aliphatic heterocycles. The van der Waals surface area contributed by atoms with Crippen LogP contribution in [0.3, 0.4) is 0 Å². The largest absolute Gasteiger partial charge is 0.497 e. The first-order chi connectivity index (χ1) is 10.7. The van der Waals surface area contributed by atoms with Gasteiger partial charge in [-0.3, -0.25) is 9.59 Å². The van der Waals surface area contributed by atoms with Gasteiger partial charge in [0.25, 0.3) is 5.91 Å². The molecule has 0 bridgehead atoms. The average Bonchev–Trinajstić information content (AvgIpc) is 2.55. The number of carbonyl (C=O) groups is 2. The van der Waals surface area contributed by atoms with E-state index in [1.54, 1.807) is 38.5 Å². The topological polar surface area (TPSA) is 85.9 Å². The van der Waals surface area contributed by atoms with Crippen molar-refractivity contribution >= 4 is 11.8 Å². The summed E-state index contributed by atoms with van der Waals surface area (Å²) in [5.41, 5.74) is 0.537. The summed E-state index contributed by atoms with van der Waals surface area (Å²) in [6.07, 6.45) is 0. The maximum Gasteiger partial charge on any atom is 0.251 e. The van der Waals surface area contributed by atoms with Gasteiger partial charge >= 0.3 is 0 Å². The molecule has 0 heterocycles. The molecule has 0 unspecified atom stereocenters. The highest BCUT2D eigenvalue weighted by Gasteiger charge is 2.05. The number of ether oxygens (including phenoxy) is 3. The number of hydrogen-bond acceptors (Lipinski definition) is 5. The van der Waals surface area contributed by atoms with Crippen molar-refractivity contribution in [1.82, 2.24) is 10.6 Å². The van der Waals surface area contributed by atoms with E-state index in [0.29, 0.717) is 37.6 Å². The minimum absolute atomic E-state index is 0.0181. The van der Waals surface area contributed by atoms with Crippen LogP contribution in [-0.4, -0.2) is 58.9 Å². The molecule has 2 amide bonds. The van der Waals surface area contributed by atoms with Crippen molar-refractivity contribution in [2.75, 3.05) is 47.1 Å². The molecule has 0 spiro atoms. The lowest BCUT2D eigenvalue weighted by atomic mass is 10.2. The minimum Gasteiger partial charge on any atom is -0.497 e. The Labute approximate surface area is 129 Å². The quantitative estimate of drug-likeness (QED) is 0.603. The van der Waals surface area contributed by atoms with Gasteiger partial charge in [-0.05, 0) is 24.3 Å². The zero-order valence-electron chi connectivity index (χ0n) is 12.9. The van der Waals surface area contributed by atoms with E-state index in [9.17, 15) is 9.59 Å². The lowest BCUT2D eigenvalue weighted by Crippen LogP contribution is -2.36. The predicted octanol–water partition coefficient (Wildman–Crippen LogP) is 0.204. The van der Waals surface area contributed by atoms with Crippen LogP contribution in [0.15, 0.2) is 24.3 Å². The molecule has 122 valence electrons. The standard InChI is InChI=1S/C15H22N2O5/c1-20-9-10-22-11-14(18)16-7-8-17-15(19)12-3-5-13(21-2)6-4-12/h3-6H,7-11H2,1-2H3,(H,16,18)(H,17,19). The molecule has 1 rings (SSSR count). The number of hydrogen-bond donors (Lipinski definition) is 2. The normalized spacial score (nSPS) is 10.1. The van der Waals surface area contributed by atoms with Gasteiger partial charge in [0.05, 0.1) is 20.3 Å². The Kier molecular flexibility index (Phi) is 8.63. The lowest BCUT2D eigenvalue weighted by Gasteiger charge is -2.08. The Morgan fingerprint density at radius 1 is 1.00 bits per heavy atom. The summed E-state index contributed by atoms with van der Waals surface area (Å²) < 4.78 is 14.9. The Bertz CT molecular complexity index is 462. The summed E-state index contributed by atoms with van der Waals surface area (Å²) in [6.45, 7) is 1.49. The molecule has 0 saturated heterocycles. The second-order valence-electron chi connectivity index (χ2n) is 4.38. The molecule has 22 heavy (non-hydrogen) atoms. The van der Waals surface area contributed by atoms with Crippen molar-refractivity contribution in [3.05, 3.63) is 29.8 Å². The lowest BCUT2D eigenvalue weighted by molar-refractivity contribution is -0.126. The van der Waals surface area contributed by atoms with Crippen molar-refractivity contribution in [3.63, 3.8) is 0 Å². The smallest absolute Gasteiger partial charge is 0.251 e. The zero-order valence-corrected chi connectivity index (χ0v) is 12.9. The molecule has 7 heteroatoms. The molecular weight excluding hydrogens is 288 g/mol. The third-order valence-corrected chi connectivity index (χ3v) is 2.75. The van der Waals surface area contributed by atoms with Gasteiger partial charge in [0.2, 0.25) is 5.91 Å². The number of nitrogens with one attached hydrogen (secondary N) is 2. The maximum absolute atomic E-state index is 11.8. The summed E-state index contributed by atoms with van der Waals surface area (Å²) in [5, 5.41) is 5.36. The van der Waals surface area contributed by atoms with E-state index in [1.807, 2.05) is 0 Å². The van der Waals surface area contributed by atoms with Crippen LogP contribution in [0, 0.1) is 0 Å². The van der Waals surface area contributed by atoms with Crippen molar-refractivity contribution in [1.29, 1.82) is 0 Å². The molecular formula is C15H22N2O5. The second kappa shape index (κ2) is 10.6. The molecule has 0 radical (unpaired) electrons. The number of benzene rings is 1. The van der Waals surface area contributed by atoms with Gasteiger partial charge in [0.15, 0.2) is 0 Å². The van der Waals surface area contributed by atoms with Crippen LogP contribution in [-0.2, 0) is 14.3 Å². The monoisotopic (exact) mass is 310 g/mol. The number of methoxy groups -OCH3 is 2. The van der Waals surface area contributed by atoms with Gasteiger partial charge in [0.1, 0.15) is 12.4 Å². The van der Waals surface area contributed by atoms with E-state index >= 15 is 0 Å². The van der Waals surface area contributed by atoms with E-state index in [0.717, 1.165) is 0 Å². The van der Waals surface area contributed by atoms with Gasteiger partial charge < -0.3 is 24.8 Å². The average molecular weight is 310 g/mol. The molecule has 1 aromatic carbocycles. The van der Waals surface area contributed by atoms with Crippen molar-refractivity contribution in [3.8, 4) is 5.75 Å². The Morgan fingerprint density at radius 3 is 2.32 bits per heavy atom. The molecule has 0 saturated carbocycles. The second-order valence-corrected chi connectivity index (χ2v) is 4.38. The van der Waals surface area contributed by atoms with Gasteiger partial charge in [-0.2, -0.15) is 0 Å². The molecule has 1 aromatic rings. The van der Waals surface area contributed by atoms with Gasteiger partial charge in [-0.1, -0.05) is 0 Å². The fourth-order valence-corrected chi connectivity index (χ4v) is 1.58. The van der Waals surface area contributed by atoms with Gasteiger partial charge in [0, 0.05) is 25.8 Å². The third-order valence-electron chi connectivity index (χ3n) is 2.75. The fraction of sp³-hybridized carbons (Fsp3) is 0.467. The first kappa shape index (κ1) is 17.9. The highest BCUT2D eigenvalue weighted by molar-refractivity contribution is 5.94. The maximum atomic E-state index is 11.8. The molecule has 0 atom stereocenters. The Hall–Kier alpha value is -2.12. The van der Waals surface area contributed by atoms with Crippen LogP contribution >= 0.6 is 0 Å². The molecule has 0 aliphatic carbocycles. The number of rotatable bonds is 10. The van der Waals surface area contributed by atoms with Crippen LogP contribution < -0.4 is 15.4 Å². The zero-order chi connectivity index (χ0) is 16.2. The van der Waals surface area contributed by atoms with E-state index in [4.69, 9.17) is 14.2 Å². The third kappa shape index (κ3) is 7.05.